The number of alkyl halides is 3. The molecular weight excluding hydrogens is 477 g/mol. The van der Waals surface area contributed by atoms with E-state index in [9.17, 15) is 22.8 Å². The number of para-hydroxylation sites is 1. The first-order chi connectivity index (χ1) is 17.0. The van der Waals surface area contributed by atoms with Crippen molar-refractivity contribution in [2.45, 2.75) is 19.1 Å². The molecule has 0 aromatic heterocycles. The number of nitrogens with one attached hydrogen (secondary N) is 1. The van der Waals surface area contributed by atoms with Crippen molar-refractivity contribution in [3.63, 3.8) is 0 Å². The lowest BCUT2D eigenvalue weighted by Gasteiger charge is -2.32. The van der Waals surface area contributed by atoms with Gasteiger partial charge in [0.25, 0.3) is 0 Å². The minimum absolute atomic E-state index is 0.161. The van der Waals surface area contributed by atoms with Crippen molar-refractivity contribution in [3.05, 3.63) is 53.1 Å². The number of fused-ring (bicyclic) bond motifs is 1. The van der Waals surface area contributed by atoms with Crippen LogP contribution in [0.5, 0.6) is 11.5 Å². The molecule has 0 atom stereocenters. The van der Waals surface area contributed by atoms with Crippen LogP contribution < -0.4 is 14.8 Å². The van der Waals surface area contributed by atoms with Gasteiger partial charge < -0.3 is 29.5 Å². The fraction of sp³-hybridized carbons (Fsp3) is 0.440. The molecule has 0 saturated carbocycles. The largest absolute Gasteiger partial charge is 0.493 e. The zero-order chi connectivity index (χ0) is 26.5. The molecule has 1 heterocycles. The Morgan fingerprint density at radius 3 is 2.28 bits per heavy atom. The van der Waals surface area contributed by atoms with Crippen molar-refractivity contribution in [2.24, 2.45) is 0 Å². The lowest BCUT2D eigenvalue weighted by atomic mass is 9.98. The first kappa shape index (κ1) is 27.1. The number of ether oxygens (including phenoxy) is 2. The molecule has 8 nitrogen and oxygen atoms in total. The topological polar surface area (TPSA) is 74.4 Å². The Bertz CT molecular complexity index is 1090. The summed E-state index contributed by atoms with van der Waals surface area (Å²) in [4.78, 5) is 30.9. The smallest absolute Gasteiger partial charge is 0.418 e. The summed E-state index contributed by atoms with van der Waals surface area (Å²) < 4.78 is 50.9. The third-order valence-corrected chi connectivity index (χ3v) is 5.98. The highest BCUT2D eigenvalue weighted by molar-refractivity contribution is 5.93. The summed E-state index contributed by atoms with van der Waals surface area (Å²) in [6, 6.07) is 7.71. The summed E-state index contributed by atoms with van der Waals surface area (Å²) in [5.74, 6) is 0.871. The molecule has 0 radical (unpaired) electrons. The van der Waals surface area contributed by atoms with Gasteiger partial charge in [-0.3, -0.25) is 4.79 Å². The van der Waals surface area contributed by atoms with Gasteiger partial charge in [0.05, 0.1) is 25.5 Å². The average Bonchev–Trinajstić information content (AvgIpc) is 2.84. The normalized spacial score (nSPS) is 13.3. The molecule has 36 heavy (non-hydrogen) atoms. The number of halogens is 3. The Morgan fingerprint density at radius 1 is 1.03 bits per heavy atom. The molecule has 0 fully saturated rings. The summed E-state index contributed by atoms with van der Waals surface area (Å²) >= 11 is 0. The molecule has 2 aromatic rings. The third kappa shape index (κ3) is 6.60. The quantitative estimate of drug-likeness (QED) is 0.589. The van der Waals surface area contributed by atoms with E-state index in [1.807, 2.05) is 17.0 Å². The lowest BCUT2D eigenvalue weighted by molar-refractivity contribution is -0.137. The molecule has 1 aliphatic rings. The summed E-state index contributed by atoms with van der Waals surface area (Å²) in [6.45, 7) is 1.10. The zero-order valence-electron chi connectivity index (χ0n) is 20.8. The van der Waals surface area contributed by atoms with Gasteiger partial charge in [-0.15, -0.1) is 0 Å². The van der Waals surface area contributed by atoms with Crippen LogP contribution in [0.1, 0.15) is 16.7 Å². The summed E-state index contributed by atoms with van der Waals surface area (Å²) in [5, 5.41) is 2.34. The highest BCUT2D eigenvalue weighted by Crippen LogP contribution is 2.35. The minimum atomic E-state index is -4.63. The minimum Gasteiger partial charge on any atom is -0.493 e. The molecule has 3 rings (SSSR count). The van der Waals surface area contributed by atoms with Gasteiger partial charge in [0.15, 0.2) is 11.5 Å². The molecule has 0 aliphatic carbocycles. The van der Waals surface area contributed by atoms with Crippen LogP contribution in [0.15, 0.2) is 36.4 Å². The number of hydrogen-bond donors (Lipinski definition) is 1. The molecule has 0 spiro atoms. The second kappa shape index (κ2) is 11.5. The first-order valence-electron chi connectivity index (χ1n) is 11.4. The number of carbonyl (C=O) groups excluding carboxylic acids is 2. The van der Waals surface area contributed by atoms with Gasteiger partial charge in [-0.2, -0.15) is 13.2 Å². The zero-order valence-corrected chi connectivity index (χ0v) is 20.8. The summed E-state index contributed by atoms with van der Waals surface area (Å²) in [6.07, 6.45) is -4.02. The monoisotopic (exact) mass is 508 g/mol. The number of carbonyl (C=O) groups is 2. The number of amides is 3. The number of rotatable bonds is 8. The van der Waals surface area contributed by atoms with E-state index >= 15 is 0 Å². The fourth-order valence-electron chi connectivity index (χ4n) is 3.97. The summed E-state index contributed by atoms with van der Waals surface area (Å²) in [7, 11) is 6.71. The Kier molecular flexibility index (Phi) is 8.67. The Hall–Kier alpha value is -3.47. The van der Waals surface area contributed by atoms with Gasteiger partial charge in [0.1, 0.15) is 6.54 Å². The summed E-state index contributed by atoms with van der Waals surface area (Å²) in [5.41, 5.74) is 0.651. The predicted molar refractivity (Wildman–Crippen MR) is 129 cm³/mol. The Labute approximate surface area is 208 Å². The van der Waals surface area contributed by atoms with Crippen molar-refractivity contribution in [3.8, 4) is 11.5 Å². The average molecular weight is 509 g/mol. The van der Waals surface area contributed by atoms with Crippen LogP contribution >= 0.6 is 0 Å². The van der Waals surface area contributed by atoms with E-state index in [2.05, 4.69) is 5.32 Å². The van der Waals surface area contributed by atoms with Gasteiger partial charge in [0.2, 0.25) is 5.91 Å². The van der Waals surface area contributed by atoms with E-state index in [0.717, 1.165) is 17.2 Å². The molecule has 11 heteroatoms. The van der Waals surface area contributed by atoms with Crippen molar-refractivity contribution in [1.29, 1.82) is 0 Å². The highest BCUT2D eigenvalue weighted by Gasteiger charge is 2.34. The van der Waals surface area contributed by atoms with Crippen molar-refractivity contribution in [2.75, 3.05) is 59.8 Å². The fourth-order valence-corrected chi connectivity index (χ4v) is 3.97. The number of urea groups is 1. The number of anilines is 1. The Balaban J connectivity index is 1.75. The van der Waals surface area contributed by atoms with Gasteiger partial charge in [-0.05, 0) is 55.9 Å². The molecule has 0 saturated heterocycles. The van der Waals surface area contributed by atoms with Gasteiger partial charge in [0, 0.05) is 26.2 Å². The van der Waals surface area contributed by atoms with E-state index in [1.54, 1.807) is 26.1 Å². The van der Waals surface area contributed by atoms with Crippen LogP contribution in [0.25, 0.3) is 0 Å². The number of nitrogens with zero attached hydrogens (tertiary/aromatic N) is 3. The van der Waals surface area contributed by atoms with Crippen LogP contribution in [0, 0.1) is 0 Å². The van der Waals surface area contributed by atoms with Crippen LogP contribution in [0.3, 0.4) is 0 Å². The number of hydrogen-bond acceptors (Lipinski definition) is 5. The van der Waals surface area contributed by atoms with Crippen LogP contribution in [0.4, 0.5) is 23.7 Å². The molecule has 1 N–H and O–H groups in total. The second-order valence-corrected chi connectivity index (χ2v) is 8.74. The maximum absolute atomic E-state index is 13.4. The van der Waals surface area contributed by atoms with Crippen molar-refractivity contribution >= 4 is 17.6 Å². The van der Waals surface area contributed by atoms with Gasteiger partial charge >= 0.3 is 12.2 Å². The number of methoxy groups -OCH3 is 2. The van der Waals surface area contributed by atoms with Crippen LogP contribution in [-0.2, 0) is 23.9 Å². The predicted octanol–water partition coefficient (Wildman–Crippen LogP) is 3.70. The molecular formula is C25H31F3N4O4. The second-order valence-electron chi connectivity index (χ2n) is 8.74. The van der Waals surface area contributed by atoms with Gasteiger partial charge in [-0.1, -0.05) is 12.1 Å². The number of benzene rings is 2. The maximum Gasteiger partial charge on any atom is 0.418 e. The van der Waals surface area contributed by atoms with Crippen molar-refractivity contribution in [1.82, 2.24) is 14.7 Å². The molecule has 2 aromatic carbocycles. The maximum atomic E-state index is 13.4. The van der Waals surface area contributed by atoms with E-state index in [-0.39, 0.29) is 24.7 Å². The molecule has 1 aliphatic heterocycles. The SMILES string of the molecule is COc1cc2c(cc1OC)CN(C(=O)CN(CCN(C)C)C(=O)Nc1ccccc1C(F)(F)F)CC2. The van der Waals surface area contributed by atoms with Crippen LogP contribution in [-0.4, -0.2) is 81.1 Å². The Morgan fingerprint density at radius 2 is 1.67 bits per heavy atom. The van der Waals surface area contributed by atoms with E-state index in [0.29, 0.717) is 37.6 Å². The standard InChI is InChI=1S/C25H31F3N4O4/c1-30(2)11-12-32(24(34)29-20-8-6-5-7-19(20)25(26,27)28)16-23(33)31-10-9-17-13-21(35-3)22(36-4)14-18(17)15-31/h5-8,13-14H,9-12,15-16H2,1-4H3,(H,29,34). The lowest BCUT2D eigenvalue weighted by Crippen LogP contribution is -2.47. The van der Waals surface area contributed by atoms with E-state index < -0.39 is 17.8 Å². The molecule has 3 amide bonds. The molecule has 0 unspecified atom stereocenters. The van der Waals surface area contributed by atoms with E-state index in [1.165, 1.54) is 30.2 Å². The third-order valence-electron chi connectivity index (χ3n) is 5.98. The highest BCUT2D eigenvalue weighted by atomic mass is 19.4. The number of likely N-dealkylation sites (N-methyl/N-ethyl adjacent to an activating group) is 1. The molecule has 0 bridgehead atoms. The van der Waals surface area contributed by atoms with E-state index in [4.69, 9.17) is 9.47 Å². The van der Waals surface area contributed by atoms with Gasteiger partial charge in [-0.25, -0.2) is 4.79 Å². The molecule has 196 valence electrons. The van der Waals surface area contributed by atoms with Crippen LogP contribution in [0.2, 0.25) is 0 Å². The first-order valence-corrected chi connectivity index (χ1v) is 11.4. The van der Waals surface area contributed by atoms with Crippen molar-refractivity contribution < 1.29 is 32.2 Å².